The molecule has 25 heavy (non-hydrogen) atoms. The second kappa shape index (κ2) is 8.16. The number of carbonyl (C=O) groups is 1. The first kappa shape index (κ1) is 17.5. The van der Waals surface area contributed by atoms with E-state index < -0.39 is 0 Å². The van der Waals surface area contributed by atoms with Crippen LogP contribution < -0.4 is 4.74 Å². The summed E-state index contributed by atoms with van der Waals surface area (Å²) < 4.78 is 18.4. The molecule has 0 unspecified atom stereocenters. The molecule has 0 N–H and O–H groups in total. The number of ether oxygens (including phenoxy) is 1. The quantitative estimate of drug-likeness (QED) is 0.812. The summed E-state index contributed by atoms with van der Waals surface area (Å²) in [6.45, 7) is 3.70. The monoisotopic (exact) mass is 358 g/mol. The highest BCUT2D eigenvalue weighted by atomic mass is 32.2. The number of nitrogens with zero attached hydrogens (tertiary/aromatic N) is 2. The summed E-state index contributed by atoms with van der Waals surface area (Å²) in [5.74, 6) is 1.08. The van der Waals surface area contributed by atoms with Crippen LogP contribution in [0, 0.1) is 5.82 Å². The molecular formula is C19H19FN2O2S. The van der Waals surface area contributed by atoms with E-state index >= 15 is 0 Å². The van der Waals surface area contributed by atoms with Gasteiger partial charge in [-0.05, 0) is 48.9 Å². The van der Waals surface area contributed by atoms with Crippen molar-refractivity contribution in [1.82, 2.24) is 4.90 Å². The summed E-state index contributed by atoms with van der Waals surface area (Å²) in [7, 11) is 0. The van der Waals surface area contributed by atoms with Crippen molar-refractivity contribution >= 4 is 22.8 Å². The van der Waals surface area contributed by atoms with Crippen molar-refractivity contribution in [2.45, 2.75) is 12.7 Å². The third kappa shape index (κ3) is 4.39. The molecule has 130 valence electrons. The van der Waals surface area contributed by atoms with Gasteiger partial charge in [0.25, 0.3) is 5.91 Å². The summed E-state index contributed by atoms with van der Waals surface area (Å²) in [6, 6.07) is 13.5. The maximum absolute atomic E-state index is 13.0. The Morgan fingerprint density at radius 1 is 1.20 bits per heavy atom. The van der Waals surface area contributed by atoms with Crippen LogP contribution in [-0.2, 0) is 5.75 Å². The first-order valence-corrected chi connectivity index (χ1v) is 9.12. The highest BCUT2D eigenvalue weighted by molar-refractivity contribution is 8.13. The Balaban J connectivity index is 1.63. The molecule has 0 atom stereocenters. The largest absolute Gasteiger partial charge is 0.494 e. The number of halogens is 1. The van der Waals surface area contributed by atoms with E-state index in [1.807, 2.05) is 6.92 Å². The van der Waals surface area contributed by atoms with E-state index in [9.17, 15) is 9.18 Å². The van der Waals surface area contributed by atoms with Crippen LogP contribution in [0.5, 0.6) is 5.75 Å². The maximum atomic E-state index is 13.0. The number of hydrogen-bond acceptors (Lipinski definition) is 4. The zero-order valence-electron chi connectivity index (χ0n) is 13.9. The van der Waals surface area contributed by atoms with E-state index in [0.717, 1.165) is 11.3 Å². The van der Waals surface area contributed by atoms with Gasteiger partial charge in [0.1, 0.15) is 11.6 Å². The Kier molecular flexibility index (Phi) is 5.71. The summed E-state index contributed by atoms with van der Waals surface area (Å²) in [5.41, 5.74) is 1.61. The molecule has 1 aliphatic heterocycles. The molecule has 6 heteroatoms. The van der Waals surface area contributed by atoms with Crippen molar-refractivity contribution in [1.29, 1.82) is 0 Å². The molecule has 2 aromatic rings. The Bertz CT molecular complexity index is 760. The van der Waals surface area contributed by atoms with Gasteiger partial charge in [0.05, 0.1) is 13.2 Å². The third-order valence-corrected chi connectivity index (χ3v) is 4.83. The molecule has 4 nitrogen and oxygen atoms in total. The van der Waals surface area contributed by atoms with Crippen LogP contribution >= 0.6 is 11.8 Å². The standard InChI is InChI=1S/C19H19FN2O2S/c1-2-24-17-9-5-15(6-10-17)18(23)22-12-11-21-19(22)25-13-14-3-7-16(20)8-4-14/h3-10H,2,11-13H2,1H3. The van der Waals surface area contributed by atoms with Gasteiger partial charge in [-0.3, -0.25) is 14.7 Å². The van der Waals surface area contributed by atoms with Gasteiger partial charge >= 0.3 is 0 Å². The molecule has 0 saturated heterocycles. The average molecular weight is 358 g/mol. The number of rotatable bonds is 5. The van der Waals surface area contributed by atoms with Gasteiger partial charge in [-0.1, -0.05) is 23.9 Å². The molecule has 1 heterocycles. The first-order chi connectivity index (χ1) is 12.2. The van der Waals surface area contributed by atoms with Crippen molar-refractivity contribution < 1.29 is 13.9 Å². The minimum atomic E-state index is -0.251. The Morgan fingerprint density at radius 2 is 1.92 bits per heavy atom. The maximum Gasteiger partial charge on any atom is 0.259 e. The predicted molar refractivity (Wildman–Crippen MR) is 98.6 cm³/mol. The minimum Gasteiger partial charge on any atom is -0.494 e. The van der Waals surface area contributed by atoms with Crippen LogP contribution in [0.15, 0.2) is 53.5 Å². The average Bonchev–Trinajstić information content (AvgIpc) is 3.10. The second-order valence-corrected chi connectivity index (χ2v) is 6.44. The summed E-state index contributed by atoms with van der Waals surface area (Å²) in [5, 5.41) is 0.711. The minimum absolute atomic E-state index is 0.0640. The molecule has 0 radical (unpaired) electrons. The normalized spacial score (nSPS) is 13.7. The SMILES string of the molecule is CCOc1ccc(C(=O)N2CCN=C2SCc2ccc(F)cc2)cc1. The molecule has 0 bridgehead atoms. The lowest BCUT2D eigenvalue weighted by atomic mass is 10.2. The molecular weight excluding hydrogens is 339 g/mol. The summed E-state index contributed by atoms with van der Waals surface area (Å²) >= 11 is 1.49. The fourth-order valence-corrected chi connectivity index (χ4v) is 3.48. The molecule has 1 amide bonds. The van der Waals surface area contributed by atoms with Crippen LogP contribution in [-0.4, -0.2) is 35.7 Å². The molecule has 1 aliphatic rings. The van der Waals surface area contributed by atoms with E-state index in [0.29, 0.717) is 36.2 Å². The first-order valence-electron chi connectivity index (χ1n) is 8.14. The number of amides is 1. The lowest BCUT2D eigenvalue weighted by Gasteiger charge is -2.18. The van der Waals surface area contributed by atoms with Gasteiger partial charge in [0.2, 0.25) is 0 Å². The molecule has 0 fully saturated rings. The van der Waals surface area contributed by atoms with Gasteiger partial charge < -0.3 is 4.74 Å². The number of aliphatic imine (C=N–C) groups is 1. The zero-order valence-corrected chi connectivity index (χ0v) is 14.8. The van der Waals surface area contributed by atoms with Crippen LogP contribution in [0.1, 0.15) is 22.8 Å². The van der Waals surface area contributed by atoms with Gasteiger partial charge in [-0.15, -0.1) is 0 Å². The van der Waals surface area contributed by atoms with E-state index in [4.69, 9.17) is 4.74 Å². The van der Waals surface area contributed by atoms with E-state index in [1.54, 1.807) is 41.3 Å². The fraction of sp³-hybridized carbons (Fsp3) is 0.263. The molecule has 2 aromatic carbocycles. The van der Waals surface area contributed by atoms with E-state index in [-0.39, 0.29) is 11.7 Å². The highest BCUT2D eigenvalue weighted by Crippen LogP contribution is 2.22. The molecule has 3 rings (SSSR count). The number of carbonyl (C=O) groups excluding carboxylic acids is 1. The number of thioether (sulfide) groups is 1. The van der Waals surface area contributed by atoms with Crippen LogP contribution in [0.25, 0.3) is 0 Å². The topological polar surface area (TPSA) is 41.9 Å². The number of benzene rings is 2. The van der Waals surface area contributed by atoms with E-state index in [1.165, 1.54) is 23.9 Å². The molecule has 0 aromatic heterocycles. The highest BCUT2D eigenvalue weighted by Gasteiger charge is 2.25. The van der Waals surface area contributed by atoms with Gasteiger partial charge in [-0.25, -0.2) is 4.39 Å². The predicted octanol–water partition coefficient (Wildman–Crippen LogP) is 3.97. The molecule has 0 spiro atoms. The fourth-order valence-electron chi connectivity index (χ4n) is 2.48. The molecule has 0 saturated carbocycles. The van der Waals surface area contributed by atoms with Crippen molar-refractivity contribution in [3.8, 4) is 5.75 Å². The Labute approximate surface area is 150 Å². The van der Waals surface area contributed by atoms with Crippen molar-refractivity contribution in [3.05, 3.63) is 65.5 Å². The van der Waals surface area contributed by atoms with Crippen LogP contribution in [0.3, 0.4) is 0 Å². The van der Waals surface area contributed by atoms with Crippen LogP contribution in [0.4, 0.5) is 4.39 Å². The number of amidine groups is 1. The smallest absolute Gasteiger partial charge is 0.259 e. The van der Waals surface area contributed by atoms with Crippen molar-refractivity contribution in [2.24, 2.45) is 4.99 Å². The lowest BCUT2D eigenvalue weighted by Crippen LogP contribution is -2.32. The van der Waals surface area contributed by atoms with Gasteiger partial charge in [0, 0.05) is 17.9 Å². The van der Waals surface area contributed by atoms with E-state index in [2.05, 4.69) is 4.99 Å². The summed E-state index contributed by atoms with van der Waals surface area (Å²) in [6.07, 6.45) is 0. The zero-order chi connectivity index (χ0) is 17.6. The Hall–Kier alpha value is -2.34. The lowest BCUT2D eigenvalue weighted by molar-refractivity contribution is 0.0860. The third-order valence-electron chi connectivity index (χ3n) is 3.74. The van der Waals surface area contributed by atoms with Gasteiger partial charge in [-0.2, -0.15) is 0 Å². The Morgan fingerprint density at radius 3 is 2.60 bits per heavy atom. The van der Waals surface area contributed by atoms with Crippen molar-refractivity contribution in [2.75, 3.05) is 19.7 Å². The molecule has 0 aliphatic carbocycles. The van der Waals surface area contributed by atoms with Gasteiger partial charge in [0.15, 0.2) is 5.17 Å². The van der Waals surface area contributed by atoms with Crippen LogP contribution in [0.2, 0.25) is 0 Å². The summed E-state index contributed by atoms with van der Waals surface area (Å²) in [4.78, 5) is 18.9. The van der Waals surface area contributed by atoms with Crippen molar-refractivity contribution in [3.63, 3.8) is 0 Å². The number of hydrogen-bond donors (Lipinski definition) is 0. The second-order valence-electron chi connectivity index (χ2n) is 5.49.